The Morgan fingerprint density at radius 2 is 1.87 bits per heavy atom. The predicted octanol–water partition coefficient (Wildman–Crippen LogP) is -0.246. The standard InChI is InChI=1S/C6H14N2O.C4H4N2/c7-1-2-8-3-5-9-6-4-8;1-2-5-4-6-3-1/h1-7H2;1-4H. The first-order chi connectivity index (χ1) is 7.43. The van der Waals surface area contributed by atoms with E-state index in [9.17, 15) is 0 Å². The molecule has 0 bridgehead atoms. The number of hydrogen-bond donors (Lipinski definition) is 1. The minimum atomic E-state index is 0.764. The van der Waals surface area contributed by atoms with Gasteiger partial charge in [-0.15, -0.1) is 0 Å². The van der Waals surface area contributed by atoms with Crippen LogP contribution in [0, 0.1) is 0 Å². The monoisotopic (exact) mass is 210 g/mol. The molecule has 0 aromatic carbocycles. The molecule has 1 aliphatic rings. The van der Waals surface area contributed by atoms with E-state index < -0.39 is 0 Å². The van der Waals surface area contributed by atoms with Crippen LogP contribution in [0.5, 0.6) is 0 Å². The van der Waals surface area contributed by atoms with E-state index in [1.807, 2.05) is 0 Å². The van der Waals surface area contributed by atoms with E-state index in [2.05, 4.69) is 14.9 Å². The van der Waals surface area contributed by atoms with E-state index in [1.165, 1.54) is 6.33 Å². The lowest BCUT2D eigenvalue weighted by Gasteiger charge is -2.25. The summed E-state index contributed by atoms with van der Waals surface area (Å²) in [5.41, 5.74) is 5.38. The van der Waals surface area contributed by atoms with Gasteiger partial charge in [0.15, 0.2) is 0 Å². The van der Waals surface area contributed by atoms with Crippen LogP contribution in [0.25, 0.3) is 0 Å². The van der Waals surface area contributed by atoms with Gasteiger partial charge in [-0.1, -0.05) is 0 Å². The third-order valence-corrected chi connectivity index (χ3v) is 2.03. The van der Waals surface area contributed by atoms with Gasteiger partial charge in [-0.3, -0.25) is 4.90 Å². The van der Waals surface area contributed by atoms with Crippen LogP contribution in [-0.2, 0) is 4.74 Å². The molecule has 0 saturated carbocycles. The predicted molar refractivity (Wildman–Crippen MR) is 58.3 cm³/mol. The van der Waals surface area contributed by atoms with Crippen molar-refractivity contribution >= 4 is 0 Å². The third kappa shape index (κ3) is 6.11. The highest BCUT2D eigenvalue weighted by Gasteiger charge is 2.07. The van der Waals surface area contributed by atoms with Gasteiger partial charge in [0.1, 0.15) is 6.33 Å². The summed E-state index contributed by atoms with van der Waals surface area (Å²) < 4.78 is 5.16. The first kappa shape index (κ1) is 12.0. The highest BCUT2D eigenvalue weighted by Crippen LogP contribution is 1.93. The molecule has 0 radical (unpaired) electrons. The minimum Gasteiger partial charge on any atom is -0.379 e. The summed E-state index contributed by atoms with van der Waals surface area (Å²) in [6, 6.07) is 1.78. The summed E-state index contributed by atoms with van der Waals surface area (Å²) in [6.45, 7) is 5.64. The van der Waals surface area contributed by atoms with E-state index in [4.69, 9.17) is 10.5 Å². The van der Waals surface area contributed by atoms with Crippen molar-refractivity contribution in [1.82, 2.24) is 14.9 Å². The molecule has 5 heteroatoms. The van der Waals surface area contributed by atoms with Crippen LogP contribution in [0.4, 0.5) is 0 Å². The zero-order chi connectivity index (χ0) is 10.8. The second kappa shape index (κ2) is 8.28. The van der Waals surface area contributed by atoms with Crippen molar-refractivity contribution < 1.29 is 4.74 Å². The molecule has 2 heterocycles. The van der Waals surface area contributed by atoms with E-state index in [1.54, 1.807) is 18.5 Å². The molecular weight excluding hydrogens is 192 g/mol. The number of nitrogens with two attached hydrogens (primary N) is 1. The summed E-state index contributed by atoms with van der Waals surface area (Å²) in [5, 5.41) is 0. The average molecular weight is 210 g/mol. The van der Waals surface area contributed by atoms with Crippen LogP contribution in [0.15, 0.2) is 24.8 Å². The second-order valence-electron chi connectivity index (χ2n) is 3.15. The van der Waals surface area contributed by atoms with Crippen LogP contribution >= 0.6 is 0 Å². The molecule has 1 aromatic heterocycles. The summed E-state index contributed by atoms with van der Waals surface area (Å²) in [6.07, 6.45) is 4.88. The fourth-order valence-electron chi connectivity index (χ4n) is 1.26. The fraction of sp³-hybridized carbons (Fsp3) is 0.600. The lowest BCUT2D eigenvalue weighted by molar-refractivity contribution is 0.0394. The van der Waals surface area contributed by atoms with Gasteiger partial charge >= 0.3 is 0 Å². The van der Waals surface area contributed by atoms with Gasteiger partial charge in [0.25, 0.3) is 0 Å². The molecule has 0 spiro atoms. The molecule has 1 aromatic rings. The van der Waals surface area contributed by atoms with Crippen LogP contribution in [-0.4, -0.2) is 54.3 Å². The zero-order valence-corrected chi connectivity index (χ0v) is 8.88. The van der Waals surface area contributed by atoms with E-state index in [0.717, 1.165) is 39.4 Å². The summed E-state index contributed by atoms with van der Waals surface area (Å²) in [7, 11) is 0. The average Bonchev–Trinajstić information content (AvgIpc) is 2.34. The number of nitrogens with zero attached hydrogens (tertiary/aromatic N) is 3. The van der Waals surface area contributed by atoms with Crippen molar-refractivity contribution in [3.63, 3.8) is 0 Å². The summed E-state index contributed by atoms with van der Waals surface area (Å²) in [5.74, 6) is 0. The molecule has 1 saturated heterocycles. The topological polar surface area (TPSA) is 64.3 Å². The lowest BCUT2D eigenvalue weighted by Crippen LogP contribution is -2.39. The lowest BCUT2D eigenvalue weighted by atomic mass is 10.4. The number of hydrogen-bond acceptors (Lipinski definition) is 5. The van der Waals surface area contributed by atoms with Crippen molar-refractivity contribution in [2.75, 3.05) is 39.4 Å². The first-order valence-electron chi connectivity index (χ1n) is 5.13. The Labute approximate surface area is 90.3 Å². The molecule has 1 aliphatic heterocycles. The van der Waals surface area contributed by atoms with Crippen LogP contribution in [0.3, 0.4) is 0 Å². The third-order valence-electron chi connectivity index (χ3n) is 2.03. The van der Waals surface area contributed by atoms with Crippen molar-refractivity contribution in [2.24, 2.45) is 5.73 Å². The van der Waals surface area contributed by atoms with Crippen LogP contribution < -0.4 is 5.73 Å². The van der Waals surface area contributed by atoms with Crippen LogP contribution in [0.2, 0.25) is 0 Å². The Hall–Kier alpha value is -1.04. The van der Waals surface area contributed by atoms with E-state index >= 15 is 0 Å². The van der Waals surface area contributed by atoms with E-state index in [-0.39, 0.29) is 0 Å². The Kier molecular flexibility index (Phi) is 6.64. The maximum atomic E-state index is 5.38. The van der Waals surface area contributed by atoms with Gasteiger partial charge in [-0.2, -0.15) is 0 Å². The Morgan fingerprint density at radius 3 is 2.27 bits per heavy atom. The fourth-order valence-corrected chi connectivity index (χ4v) is 1.26. The number of morpholine rings is 1. The second-order valence-corrected chi connectivity index (χ2v) is 3.15. The molecule has 1 fully saturated rings. The van der Waals surface area contributed by atoms with Gasteiger partial charge in [0, 0.05) is 38.6 Å². The highest BCUT2D eigenvalue weighted by atomic mass is 16.5. The maximum absolute atomic E-state index is 5.38. The van der Waals surface area contributed by atoms with Crippen LogP contribution in [0.1, 0.15) is 0 Å². The molecule has 0 unspecified atom stereocenters. The van der Waals surface area contributed by atoms with Gasteiger partial charge in [0.2, 0.25) is 0 Å². The van der Waals surface area contributed by atoms with Gasteiger partial charge in [-0.25, -0.2) is 9.97 Å². The molecule has 15 heavy (non-hydrogen) atoms. The van der Waals surface area contributed by atoms with Gasteiger partial charge < -0.3 is 10.5 Å². The number of aromatic nitrogens is 2. The zero-order valence-electron chi connectivity index (χ0n) is 8.88. The van der Waals surface area contributed by atoms with Crippen molar-refractivity contribution in [2.45, 2.75) is 0 Å². The van der Waals surface area contributed by atoms with Crippen molar-refractivity contribution in [3.05, 3.63) is 24.8 Å². The highest BCUT2D eigenvalue weighted by molar-refractivity contribution is 4.74. The Bertz CT molecular complexity index is 197. The molecule has 5 nitrogen and oxygen atoms in total. The van der Waals surface area contributed by atoms with Gasteiger partial charge in [-0.05, 0) is 6.07 Å². The molecule has 2 rings (SSSR count). The normalized spacial score (nSPS) is 16.6. The smallest absolute Gasteiger partial charge is 0.115 e. The molecular formula is C10H18N4O. The largest absolute Gasteiger partial charge is 0.379 e. The van der Waals surface area contributed by atoms with Gasteiger partial charge in [0.05, 0.1) is 13.2 Å². The molecule has 84 valence electrons. The quantitative estimate of drug-likeness (QED) is 0.729. The Morgan fingerprint density at radius 1 is 1.20 bits per heavy atom. The number of ether oxygens (including phenoxy) is 1. The number of rotatable bonds is 2. The molecule has 0 amide bonds. The molecule has 2 N–H and O–H groups in total. The molecule has 0 aliphatic carbocycles. The first-order valence-corrected chi connectivity index (χ1v) is 5.13. The SMILES string of the molecule is NCCN1CCOCC1.c1cncnc1. The summed E-state index contributed by atoms with van der Waals surface area (Å²) >= 11 is 0. The van der Waals surface area contributed by atoms with Crippen molar-refractivity contribution in [3.8, 4) is 0 Å². The molecule has 0 atom stereocenters. The van der Waals surface area contributed by atoms with E-state index in [0.29, 0.717) is 0 Å². The summed E-state index contributed by atoms with van der Waals surface area (Å²) in [4.78, 5) is 9.67. The maximum Gasteiger partial charge on any atom is 0.115 e. The van der Waals surface area contributed by atoms with Crippen molar-refractivity contribution in [1.29, 1.82) is 0 Å². The minimum absolute atomic E-state index is 0.764. The Balaban J connectivity index is 0.000000162.